The summed E-state index contributed by atoms with van der Waals surface area (Å²) in [6.07, 6.45) is 0. The minimum Gasteiger partial charge on any atom is -0.486 e. The van der Waals surface area contributed by atoms with Crippen LogP contribution in [0.1, 0.15) is 33.6 Å². The molecule has 0 radical (unpaired) electrons. The molecule has 0 N–H and O–H groups in total. The summed E-state index contributed by atoms with van der Waals surface area (Å²) in [7, 11) is 0. The fourth-order valence-electron chi connectivity index (χ4n) is 3.81. The van der Waals surface area contributed by atoms with Crippen LogP contribution in [0.15, 0.2) is 60.7 Å². The number of aryl methyl sites for hydroxylation is 4. The van der Waals surface area contributed by atoms with Crippen molar-refractivity contribution in [3.05, 3.63) is 94.3 Å². The van der Waals surface area contributed by atoms with Crippen molar-refractivity contribution >= 4 is 11.0 Å². The van der Waals surface area contributed by atoms with E-state index in [4.69, 9.17) is 9.72 Å². The third-order valence-electron chi connectivity index (χ3n) is 5.28. The molecule has 3 nitrogen and oxygen atoms in total. The van der Waals surface area contributed by atoms with E-state index in [0.29, 0.717) is 6.61 Å². The molecule has 0 spiro atoms. The Kier molecular flexibility index (Phi) is 4.91. The highest BCUT2D eigenvalue weighted by molar-refractivity contribution is 5.76. The highest BCUT2D eigenvalue weighted by atomic mass is 16.5. The van der Waals surface area contributed by atoms with Gasteiger partial charge in [-0.15, -0.1) is 0 Å². The van der Waals surface area contributed by atoms with Gasteiger partial charge >= 0.3 is 0 Å². The second-order valence-electron chi connectivity index (χ2n) is 7.58. The molecule has 0 fully saturated rings. The first-order valence-electron chi connectivity index (χ1n) is 9.71. The zero-order valence-corrected chi connectivity index (χ0v) is 17.0. The topological polar surface area (TPSA) is 27.1 Å². The molecule has 0 atom stereocenters. The number of nitrogens with zero attached hydrogens (tertiary/aromatic N) is 2. The zero-order valence-electron chi connectivity index (χ0n) is 17.0. The lowest BCUT2D eigenvalue weighted by Gasteiger charge is -2.15. The van der Waals surface area contributed by atoms with Gasteiger partial charge in [-0.25, -0.2) is 4.98 Å². The summed E-state index contributed by atoms with van der Waals surface area (Å²) in [5, 5.41) is 0. The quantitative estimate of drug-likeness (QED) is 0.437. The van der Waals surface area contributed by atoms with Gasteiger partial charge in [0.15, 0.2) is 0 Å². The summed E-state index contributed by atoms with van der Waals surface area (Å²) in [6, 6.07) is 21.0. The maximum Gasteiger partial charge on any atom is 0.148 e. The number of aromatic nitrogens is 2. The van der Waals surface area contributed by atoms with E-state index < -0.39 is 0 Å². The van der Waals surface area contributed by atoms with E-state index in [2.05, 4.69) is 74.7 Å². The van der Waals surface area contributed by atoms with Crippen LogP contribution in [0.3, 0.4) is 0 Å². The monoisotopic (exact) mass is 370 g/mol. The summed E-state index contributed by atoms with van der Waals surface area (Å²) in [5.41, 5.74) is 8.67. The van der Waals surface area contributed by atoms with Crippen LogP contribution < -0.4 is 4.74 Å². The molecule has 4 rings (SSSR count). The van der Waals surface area contributed by atoms with Gasteiger partial charge in [-0.3, -0.25) is 0 Å². The maximum absolute atomic E-state index is 6.05. The number of hydrogen-bond acceptors (Lipinski definition) is 2. The van der Waals surface area contributed by atoms with Gasteiger partial charge in [-0.2, -0.15) is 0 Å². The van der Waals surface area contributed by atoms with Gasteiger partial charge in [0.25, 0.3) is 0 Å². The van der Waals surface area contributed by atoms with E-state index in [9.17, 15) is 0 Å². The first-order chi connectivity index (χ1) is 13.5. The SMILES string of the molecule is Cc1ccc(OCc2nc3ccccc3n2Cc2c(C)cc(C)cc2C)cc1. The first kappa shape index (κ1) is 18.3. The van der Waals surface area contributed by atoms with E-state index in [1.54, 1.807) is 0 Å². The Hall–Kier alpha value is -3.07. The molecule has 0 aliphatic heterocycles. The van der Waals surface area contributed by atoms with Gasteiger partial charge in [0, 0.05) is 6.54 Å². The first-order valence-corrected chi connectivity index (χ1v) is 9.71. The van der Waals surface area contributed by atoms with Gasteiger partial charge in [0.2, 0.25) is 0 Å². The maximum atomic E-state index is 6.05. The lowest BCUT2D eigenvalue weighted by molar-refractivity contribution is 0.291. The lowest BCUT2D eigenvalue weighted by atomic mass is 10.00. The van der Waals surface area contributed by atoms with Gasteiger partial charge in [-0.1, -0.05) is 47.5 Å². The van der Waals surface area contributed by atoms with Crippen molar-refractivity contribution in [3.8, 4) is 5.75 Å². The van der Waals surface area contributed by atoms with Crippen molar-refractivity contribution in [1.29, 1.82) is 0 Å². The van der Waals surface area contributed by atoms with Gasteiger partial charge in [-0.05, 0) is 68.7 Å². The van der Waals surface area contributed by atoms with Crippen LogP contribution in [0, 0.1) is 27.7 Å². The van der Waals surface area contributed by atoms with Crippen LogP contribution in [0.2, 0.25) is 0 Å². The molecule has 28 heavy (non-hydrogen) atoms. The molecule has 0 aliphatic carbocycles. The van der Waals surface area contributed by atoms with Crippen LogP contribution in [0.4, 0.5) is 0 Å². The fraction of sp³-hybridized carbons (Fsp3) is 0.240. The molecule has 4 aromatic rings. The molecule has 0 amide bonds. The minimum absolute atomic E-state index is 0.446. The van der Waals surface area contributed by atoms with Crippen LogP contribution in [0.5, 0.6) is 5.75 Å². The molecular formula is C25H26N2O. The Bertz CT molecular complexity index is 1100. The van der Waals surface area contributed by atoms with Crippen molar-refractivity contribution in [2.45, 2.75) is 40.8 Å². The second-order valence-corrected chi connectivity index (χ2v) is 7.58. The lowest BCUT2D eigenvalue weighted by Crippen LogP contribution is -2.10. The van der Waals surface area contributed by atoms with E-state index in [1.807, 2.05) is 18.2 Å². The van der Waals surface area contributed by atoms with Crippen molar-refractivity contribution in [3.63, 3.8) is 0 Å². The Morgan fingerprint density at radius 2 is 1.50 bits per heavy atom. The molecule has 1 heterocycles. The molecule has 1 aromatic heterocycles. The summed E-state index contributed by atoms with van der Waals surface area (Å²) < 4.78 is 8.34. The molecule has 0 unspecified atom stereocenters. The number of benzene rings is 3. The van der Waals surface area contributed by atoms with Crippen molar-refractivity contribution < 1.29 is 4.74 Å². The third-order valence-corrected chi connectivity index (χ3v) is 5.28. The van der Waals surface area contributed by atoms with E-state index >= 15 is 0 Å². The van der Waals surface area contributed by atoms with E-state index in [1.165, 1.54) is 27.8 Å². The number of imidazole rings is 1. The highest BCUT2D eigenvalue weighted by Crippen LogP contribution is 2.23. The Morgan fingerprint density at radius 1 is 0.821 bits per heavy atom. The Labute approximate surface area is 166 Å². The summed E-state index contributed by atoms with van der Waals surface area (Å²) >= 11 is 0. The highest BCUT2D eigenvalue weighted by Gasteiger charge is 2.14. The molecule has 0 aliphatic rings. The Balaban J connectivity index is 1.70. The molecule has 0 saturated heterocycles. The Morgan fingerprint density at radius 3 is 2.21 bits per heavy atom. The number of hydrogen-bond donors (Lipinski definition) is 0. The molecule has 3 aromatic carbocycles. The predicted molar refractivity (Wildman–Crippen MR) is 115 cm³/mol. The van der Waals surface area contributed by atoms with Gasteiger partial charge in [0.1, 0.15) is 18.2 Å². The molecule has 0 bridgehead atoms. The smallest absolute Gasteiger partial charge is 0.148 e. The van der Waals surface area contributed by atoms with Crippen molar-refractivity contribution in [1.82, 2.24) is 9.55 Å². The molecule has 3 heteroatoms. The van der Waals surface area contributed by atoms with E-state index in [0.717, 1.165) is 29.2 Å². The largest absolute Gasteiger partial charge is 0.486 e. The minimum atomic E-state index is 0.446. The standard InChI is InChI=1S/C25H26N2O/c1-17-9-11-21(12-10-17)28-16-25-26-23-7-5-6-8-24(23)27(25)15-22-19(3)13-18(2)14-20(22)4/h5-14H,15-16H2,1-4H3. The second kappa shape index (κ2) is 7.51. The predicted octanol–water partition coefficient (Wildman–Crippen LogP) is 5.90. The van der Waals surface area contributed by atoms with Crippen LogP contribution >= 0.6 is 0 Å². The normalized spacial score (nSPS) is 11.1. The zero-order chi connectivity index (χ0) is 19.7. The summed E-state index contributed by atoms with van der Waals surface area (Å²) in [6.45, 7) is 9.85. The van der Waals surface area contributed by atoms with Crippen LogP contribution in [0.25, 0.3) is 11.0 Å². The van der Waals surface area contributed by atoms with Gasteiger partial charge < -0.3 is 9.30 Å². The van der Waals surface area contributed by atoms with Gasteiger partial charge in [0.05, 0.1) is 11.0 Å². The number of para-hydroxylation sites is 2. The third kappa shape index (κ3) is 3.65. The number of ether oxygens (including phenoxy) is 1. The fourth-order valence-corrected chi connectivity index (χ4v) is 3.81. The van der Waals surface area contributed by atoms with Crippen LogP contribution in [-0.2, 0) is 13.2 Å². The molecule has 142 valence electrons. The summed E-state index contributed by atoms with van der Waals surface area (Å²) in [4.78, 5) is 4.86. The van der Waals surface area contributed by atoms with Crippen molar-refractivity contribution in [2.24, 2.45) is 0 Å². The molecule has 0 saturated carbocycles. The average Bonchev–Trinajstić information content (AvgIpc) is 3.01. The van der Waals surface area contributed by atoms with Crippen LogP contribution in [-0.4, -0.2) is 9.55 Å². The average molecular weight is 370 g/mol. The van der Waals surface area contributed by atoms with Crippen molar-refractivity contribution in [2.75, 3.05) is 0 Å². The molecular weight excluding hydrogens is 344 g/mol. The van der Waals surface area contributed by atoms with E-state index in [-0.39, 0.29) is 0 Å². The number of fused-ring (bicyclic) bond motifs is 1. The number of rotatable bonds is 5. The summed E-state index contributed by atoms with van der Waals surface area (Å²) in [5.74, 6) is 1.81.